The van der Waals surface area contributed by atoms with Crippen molar-refractivity contribution < 1.29 is 14.6 Å². The molecule has 0 spiro atoms. The van der Waals surface area contributed by atoms with E-state index in [4.69, 9.17) is 4.74 Å². The van der Waals surface area contributed by atoms with Gasteiger partial charge in [0.15, 0.2) is 0 Å². The Balaban J connectivity index is 1.94. The van der Waals surface area contributed by atoms with Crippen LogP contribution in [0.25, 0.3) is 0 Å². The molecule has 1 aliphatic rings. The Labute approximate surface area is 132 Å². The van der Waals surface area contributed by atoms with Crippen LogP contribution in [0.5, 0.6) is 0 Å². The quantitative estimate of drug-likeness (QED) is 0.847. The summed E-state index contributed by atoms with van der Waals surface area (Å²) in [4.78, 5) is 12.3. The molecule has 4 nitrogen and oxygen atoms in total. The van der Waals surface area contributed by atoms with Crippen LogP contribution in [0.3, 0.4) is 0 Å². The van der Waals surface area contributed by atoms with Gasteiger partial charge in [0, 0.05) is 31.1 Å². The van der Waals surface area contributed by atoms with Crippen molar-refractivity contribution >= 4 is 5.91 Å². The number of nitrogens with one attached hydrogen (secondary N) is 1. The Kier molecular flexibility index (Phi) is 5.98. The number of ether oxygens (including phenoxy) is 1. The van der Waals surface area contributed by atoms with E-state index in [1.807, 2.05) is 25.1 Å². The Morgan fingerprint density at radius 1 is 1.36 bits per heavy atom. The lowest BCUT2D eigenvalue weighted by Crippen LogP contribution is -2.46. The molecular weight excluding hydrogens is 278 g/mol. The zero-order valence-corrected chi connectivity index (χ0v) is 13.5. The van der Waals surface area contributed by atoms with Gasteiger partial charge in [-0.05, 0) is 31.7 Å². The molecule has 0 aromatic heterocycles. The van der Waals surface area contributed by atoms with Gasteiger partial charge in [-0.1, -0.05) is 37.3 Å². The van der Waals surface area contributed by atoms with Crippen molar-refractivity contribution in [2.24, 2.45) is 11.3 Å². The van der Waals surface area contributed by atoms with E-state index in [9.17, 15) is 9.90 Å². The molecule has 122 valence electrons. The van der Waals surface area contributed by atoms with Gasteiger partial charge in [0.1, 0.15) is 0 Å². The topological polar surface area (TPSA) is 58.6 Å². The minimum Gasteiger partial charge on any atom is -0.393 e. The number of rotatable bonds is 6. The van der Waals surface area contributed by atoms with E-state index in [0.29, 0.717) is 19.8 Å². The zero-order chi connectivity index (χ0) is 16.0. The maximum atomic E-state index is 12.3. The molecule has 1 fully saturated rings. The van der Waals surface area contributed by atoms with E-state index in [-0.39, 0.29) is 17.2 Å². The summed E-state index contributed by atoms with van der Waals surface area (Å²) in [6, 6.07) is 10.1. The van der Waals surface area contributed by atoms with Gasteiger partial charge in [-0.3, -0.25) is 4.79 Å². The molecule has 1 aliphatic heterocycles. The molecule has 2 rings (SSSR count). The Morgan fingerprint density at radius 3 is 2.59 bits per heavy atom. The summed E-state index contributed by atoms with van der Waals surface area (Å²) in [6.45, 7) is 5.62. The van der Waals surface area contributed by atoms with Gasteiger partial charge < -0.3 is 15.2 Å². The van der Waals surface area contributed by atoms with Gasteiger partial charge in [0.05, 0.1) is 6.10 Å². The third-order valence-corrected chi connectivity index (χ3v) is 4.72. The predicted octanol–water partition coefficient (Wildman–Crippen LogP) is 2.16. The monoisotopic (exact) mass is 305 g/mol. The number of carbonyl (C=O) groups is 1. The fraction of sp³-hybridized carbons (Fsp3) is 0.611. The first-order valence-electron chi connectivity index (χ1n) is 8.09. The summed E-state index contributed by atoms with van der Waals surface area (Å²) in [5.41, 5.74) is 0.800. The fourth-order valence-corrected chi connectivity index (χ4v) is 2.81. The SMILES string of the molecule is C[C@@H](O)[C@@](C)(CNC(=O)C1CCOCC1)Cc1ccccc1. The van der Waals surface area contributed by atoms with Gasteiger partial charge in [0.2, 0.25) is 5.91 Å². The van der Waals surface area contributed by atoms with Crippen molar-refractivity contribution in [2.45, 2.75) is 39.2 Å². The second-order valence-electron chi connectivity index (χ2n) is 6.60. The molecule has 1 heterocycles. The van der Waals surface area contributed by atoms with Crippen LogP contribution in [0, 0.1) is 11.3 Å². The number of hydrogen-bond acceptors (Lipinski definition) is 3. The third kappa shape index (κ3) is 4.55. The molecule has 0 radical (unpaired) electrons. The van der Waals surface area contributed by atoms with E-state index in [1.165, 1.54) is 5.56 Å². The summed E-state index contributed by atoms with van der Waals surface area (Å²) in [5, 5.41) is 13.2. The van der Waals surface area contributed by atoms with Crippen molar-refractivity contribution in [3.8, 4) is 0 Å². The van der Waals surface area contributed by atoms with Crippen LogP contribution >= 0.6 is 0 Å². The molecule has 1 saturated heterocycles. The highest BCUT2D eigenvalue weighted by Gasteiger charge is 2.32. The van der Waals surface area contributed by atoms with Crippen LogP contribution in [0.2, 0.25) is 0 Å². The molecule has 1 aromatic carbocycles. The van der Waals surface area contributed by atoms with Crippen molar-refractivity contribution in [1.82, 2.24) is 5.32 Å². The lowest BCUT2D eigenvalue weighted by Gasteiger charge is -2.34. The van der Waals surface area contributed by atoms with Crippen LogP contribution in [0.1, 0.15) is 32.3 Å². The molecule has 1 aromatic rings. The minimum atomic E-state index is -0.498. The fourth-order valence-electron chi connectivity index (χ4n) is 2.81. The van der Waals surface area contributed by atoms with Gasteiger partial charge in [-0.2, -0.15) is 0 Å². The first kappa shape index (κ1) is 17.0. The summed E-state index contributed by atoms with van der Waals surface area (Å²) in [5.74, 6) is 0.131. The maximum absolute atomic E-state index is 12.3. The molecule has 0 bridgehead atoms. The highest BCUT2D eigenvalue weighted by Crippen LogP contribution is 2.26. The lowest BCUT2D eigenvalue weighted by atomic mass is 9.79. The molecule has 22 heavy (non-hydrogen) atoms. The summed E-state index contributed by atoms with van der Waals surface area (Å²) >= 11 is 0. The van der Waals surface area contributed by atoms with Crippen LogP contribution in [0.4, 0.5) is 0 Å². The van der Waals surface area contributed by atoms with Gasteiger partial charge >= 0.3 is 0 Å². The first-order chi connectivity index (χ1) is 10.5. The Hall–Kier alpha value is -1.39. The number of amides is 1. The van der Waals surface area contributed by atoms with Crippen molar-refractivity contribution in [3.05, 3.63) is 35.9 Å². The van der Waals surface area contributed by atoms with Crippen molar-refractivity contribution in [3.63, 3.8) is 0 Å². The highest BCUT2D eigenvalue weighted by molar-refractivity contribution is 5.78. The van der Waals surface area contributed by atoms with Crippen LogP contribution in [-0.4, -0.2) is 36.9 Å². The normalized spacial score (nSPS) is 20.1. The van der Waals surface area contributed by atoms with Crippen LogP contribution in [0.15, 0.2) is 30.3 Å². The number of benzene rings is 1. The van der Waals surface area contributed by atoms with E-state index in [2.05, 4.69) is 17.4 Å². The summed E-state index contributed by atoms with van der Waals surface area (Å²) in [6.07, 6.45) is 1.81. The van der Waals surface area contributed by atoms with Gasteiger partial charge in [-0.25, -0.2) is 0 Å². The number of carbonyl (C=O) groups excluding carboxylic acids is 1. The largest absolute Gasteiger partial charge is 0.393 e. The van der Waals surface area contributed by atoms with E-state index >= 15 is 0 Å². The number of aliphatic hydroxyl groups excluding tert-OH is 1. The number of hydrogen-bond donors (Lipinski definition) is 2. The van der Waals surface area contributed by atoms with E-state index in [1.54, 1.807) is 6.92 Å². The lowest BCUT2D eigenvalue weighted by molar-refractivity contribution is -0.128. The maximum Gasteiger partial charge on any atom is 0.223 e. The van der Waals surface area contributed by atoms with E-state index < -0.39 is 6.10 Å². The average molecular weight is 305 g/mol. The predicted molar refractivity (Wildman–Crippen MR) is 86.5 cm³/mol. The number of aliphatic hydroxyl groups is 1. The highest BCUT2D eigenvalue weighted by atomic mass is 16.5. The molecule has 4 heteroatoms. The second-order valence-corrected chi connectivity index (χ2v) is 6.60. The first-order valence-corrected chi connectivity index (χ1v) is 8.09. The summed E-state index contributed by atoms with van der Waals surface area (Å²) < 4.78 is 5.29. The second kappa shape index (κ2) is 7.75. The smallest absolute Gasteiger partial charge is 0.223 e. The third-order valence-electron chi connectivity index (χ3n) is 4.72. The molecule has 0 saturated carbocycles. The van der Waals surface area contributed by atoms with E-state index in [0.717, 1.165) is 19.3 Å². The van der Waals surface area contributed by atoms with Crippen molar-refractivity contribution in [1.29, 1.82) is 0 Å². The zero-order valence-electron chi connectivity index (χ0n) is 13.5. The molecule has 0 unspecified atom stereocenters. The molecule has 1 amide bonds. The minimum absolute atomic E-state index is 0.0451. The van der Waals surface area contributed by atoms with Crippen LogP contribution in [-0.2, 0) is 16.0 Å². The molecular formula is C18H27NO3. The molecule has 0 aliphatic carbocycles. The standard InChI is InChI=1S/C18H27NO3/c1-14(20)18(2,12-15-6-4-3-5-7-15)13-19-17(21)16-8-10-22-11-9-16/h3-7,14,16,20H,8-13H2,1-2H3,(H,19,21)/t14-,18-/m1/s1. The average Bonchev–Trinajstić information content (AvgIpc) is 2.54. The molecule has 2 atom stereocenters. The Bertz CT molecular complexity index is 468. The van der Waals surface area contributed by atoms with Gasteiger partial charge in [-0.15, -0.1) is 0 Å². The van der Waals surface area contributed by atoms with Crippen LogP contribution < -0.4 is 5.32 Å². The van der Waals surface area contributed by atoms with Crippen molar-refractivity contribution in [2.75, 3.05) is 19.8 Å². The van der Waals surface area contributed by atoms with Gasteiger partial charge in [0.25, 0.3) is 0 Å². The summed E-state index contributed by atoms with van der Waals surface area (Å²) in [7, 11) is 0. The Morgan fingerprint density at radius 2 is 2.00 bits per heavy atom. The molecule has 2 N–H and O–H groups in total.